The first kappa shape index (κ1) is 8.97. The largest absolute Gasteiger partial charge is 0.368 e. The molecule has 2 rings (SSSR count). The Kier molecular flexibility index (Phi) is 2.80. The van der Waals surface area contributed by atoms with Crippen molar-refractivity contribution in [2.75, 3.05) is 6.61 Å². The number of carbonyl (C=O) groups excluding carboxylic acids is 1. The van der Waals surface area contributed by atoms with Crippen LogP contribution in [0.15, 0.2) is 0 Å². The first-order valence-corrected chi connectivity index (χ1v) is 4.93. The van der Waals surface area contributed by atoms with E-state index < -0.39 is 0 Å². The Balaban J connectivity index is 1.65. The number of rotatable bonds is 3. The highest BCUT2D eigenvalue weighted by molar-refractivity contribution is 5.79. The molecule has 1 aliphatic heterocycles. The van der Waals surface area contributed by atoms with Gasteiger partial charge in [0.05, 0.1) is 6.10 Å². The maximum Gasteiger partial charge on any atom is 0.272 e. The van der Waals surface area contributed by atoms with Gasteiger partial charge in [-0.1, -0.05) is 0 Å². The molecular weight excluding hydrogens is 170 g/mol. The van der Waals surface area contributed by atoms with Crippen LogP contribution in [-0.4, -0.2) is 24.7 Å². The zero-order valence-corrected chi connectivity index (χ0v) is 7.62. The SMILES string of the molecule is O=C(NOC1CCC1)[C@@H]1CCCO1. The highest BCUT2D eigenvalue weighted by atomic mass is 16.7. The van der Waals surface area contributed by atoms with Crippen molar-refractivity contribution in [2.45, 2.75) is 44.3 Å². The van der Waals surface area contributed by atoms with Crippen molar-refractivity contribution in [1.82, 2.24) is 5.48 Å². The summed E-state index contributed by atoms with van der Waals surface area (Å²) in [5, 5.41) is 0. The lowest BCUT2D eigenvalue weighted by molar-refractivity contribution is -0.151. The van der Waals surface area contributed by atoms with Crippen LogP contribution in [0.1, 0.15) is 32.1 Å². The van der Waals surface area contributed by atoms with Crippen molar-refractivity contribution < 1.29 is 14.4 Å². The summed E-state index contributed by atoms with van der Waals surface area (Å²) in [6, 6.07) is 0. The molecule has 1 aliphatic carbocycles. The minimum absolute atomic E-state index is 0.121. The van der Waals surface area contributed by atoms with Gasteiger partial charge in [-0.2, -0.15) is 0 Å². The van der Waals surface area contributed by atoms with Gasteiger partial charge in [0.15, 0.2) is 0 Å². The number of amides is 1. The van der Waals surface area contributed by atoms with Crippen LogP contribution < -0.4 is 5.48 Å². The van der Waals surface area contributed by atoms with E-state index in [0.717, 1.165) is 25.7 Å². The quantitative estimate of drug-likeness (QED) is 0.660. The second-order valence-corrected chi connectivity index (χ2v) is 3.64. The van der Waals surface area contributed by atoms with Crippen LogP contribution in [0.4, 0.5) is 0 Å². The van der Waals surface area contributed by atoms with E-state index in [-0.39, 0.29) is 18.1 Å². The van der Waals surface area contributed by atoms with Gasteiger partial charge in [0.1, 0.15) is 6.10 Å². The summed E-state index contributed by atoms with van der Waals surface area (Å²) >= 11 is 0. The number of hydrogen-bond acceptors (Lipinski definition) is 3. The second-order valence-electron chi connectivity index (χ2n) is 3.64. The zero-order valence-electron chi connectivity index (χ0n) is 7.62. The lowest BCUT2D eigenvalue weighted by Gasteiger charge is -2.25. The Bertz CT molecular complexity index is 185. The molecule has 1 heterocycles. The van der Waals surface area contributed by atoms with Gasteiger partial charge >= 0.3 is 0 Å². The molecule has 74 valence electrons. The van der Waals surface area contributed by atoms with E-state index in [9.17, 15) is 4.79 Å². The molecule has 0 radical (unpaired) electrons. The number of nitrogens with one attached hydrogen (secondary N) is 1. The molecule has 1 saturated carbocycles. The molecule has 0 aromatic heterocycles. The van der Waals surface area contributed by atoms with Crippen LogP contribution in [0.5, 0.6) is 0 Å². The summed E-state index contributed by atoms with van der Waals surface area (Å²) < 4.78 is 5.21. The van der Waals surface area contributed by atoms with Crippen LogP contribution >= 0.6 is 0 Å². The average Bonchev–Trinajstić information content (AvgIpc) is 2.52. The van der Waals surface area contributed by atoms with Gasteiger partial charge in [0.25, 0.3) is 5.91 Å². The summed E-state index contributed by atoms with van der Waals surface area (Å²) in [7, 11) is 0. The van der Waals surface area contributed by atoms with Gasteiger partial charge in [-0.3, -0.25) is 9.63 Å². The van der Waals surface area contributed by atoms with Crippen molar-refractivity contribution in [1.29, 1.82) is 0 Å². The van der Waals surface area contributed by atoms with E-state index in [1.165, 1.54) is 6.42 Å². The predicted molar refractivity (Wildman–Crippen MR) is 45.8 cm³/mol. The van der Waals surface area contributed by atoms with Crippen LogP contribution in [0.3, 0.4) is 0 Å². The van der Waals surface area contributed by atoms with Crippen molar-refractivity contribution in [2.24, 2.45) is 0 Å². The van der Waals surface area contributed by atoms with E-state index in [0.29, 0.717) is 6.61 Å². The minimum Gasteiger partial charge on any atom is -0.368 e. The topological polar surface area (TPSA) is 47.6 Å². The van der Waals surface area contributed by atoms with E-state index in [2.05, 4.69) is 5.48 Å². The predicted octanol–water partition coefficient (Wildman–Crippen LogP) is 0.766. The first-order chi connectivity index (χ1) is 6.36. The van der Waals surface area contributed by atoms with Gasteiger partial charge in [0.2, 0.25) is 0 Å². The molecule has 0 aromatic carbocycles. The lowest BCUT2D eigenvalue weighted by atomic mass is 9.97. The lowest BCUT2D eigenvalue weighted by Crippen LogP contribution is -2.38. The molecule has 2 aliphatic rings. The van der Waals surface area contributed by atoms with E-state index in [4.69, 9.17) is 9.57 Å². The van der Waals surface area contributed by atoms with E-state index >= 15 is 0 Å². The van der Waals surface area contributed by atoms with Crippen molar-refractivity contribution in [3.8, 4) is 0 Å². The van der Waals surface area contributed by atoms with Gasteiger partial charge < -0.3 is 4.74 Å². The van der Waals surface area contributed by atoms with Gasteiger partial charge in [-0.05, 0) is 32.1 Å². The minimum atomic E-state index is -0.278. The third-order valence-electron chi connectivity index (χ3n) is 2.60. The number of hydroxylamine groups is 1. The third-order valence-corrected chi connectivity index (χ3v) is 2.60. The number of ether oxygens (including phenoxy) is 1. The maximum atomic E-state index is 11.3. The van der Waals surface area contributed by atoms with E-state index in [1.807, 2.05) is 0 Å². The van der Waals surface area contributed by atoms with Crippen molar-refractivity contribution in [3.05, 3.63) is 0 Å². The monoisotopic (exact) mass is 185 g/mol. The summed E-state index contributed by atoms with van der Waals surface area (Å²) in [6.45, 7) is 0.696. The molecular formula is C9H15NO3. The molecule has 1 amide bonds. The molecule has 0 aromatic rings. The molecule has 1 saturated heterocycles. The highest BCUT2D eigenvalue weighted by Gasteiger charge is 2.25. The number of carbonyl (C=O) groups is 1. The fraction of sp³-hybridized carbons (Fsp3) is 0.889. The zero-order chi connectivity index (χ0) is 9.10. The molecule has 0 unspecified atom stereocenters. The molecule has 4 heteroatoms. The third kappa shape index (κ3) is 2.19. The molecule has 1 N–H and O–H groups in total. The van der Waals surface area contributed by atoms with Gasteiger partial charge in [-0.15, -0.1) is 0 Å². The Hall–Kier alpha value is -0.610. The van der Waals surface area contributed by atoms with Crippen molar-refractivity contribution >= 4 is 5.91 Å². The summed E-state index contributed by atoms with van der Waals surface area (Å²) in [4.78, 5) is 16.5. The summed E-state index contributed by atoms with van der Waals surface area (Å²) in [5.41, 5.74) is 2.46. The second kappa shape index (κ2) is 4.07. The molecule has 0 spiro atoms. The smallest absolute Gasteiger partial charge is 0.272 e. The van der Waals surface area contributed by atoms with E-state index in [1.54, 1.807) is 0 Å². The van der Waals surface area contributed by atoms with Crippen LogP contribution in [0.25, 0.3) is 0 Å². The Labute approximate surface area is 77.5 Å². The van der Waals surface area contributed by atoms with Crippen molar-refractivity contribution in [3.63, 3.8) is 0 Å². The Morgan fingerprint density at radius 3 is 2.69 bits per heavy atom. The van der Waals surface area contributed by atoms with Crippen LogP contribution in [0, 0.1) is 0 Å². The average molecular weight is 185 g/mol. The first-order valence-electron chi connectivity index (χ1n) is 4.93. The van der Waals surface area contributed by atoms with Gasteiger partial charge in [-0.25, -0.2) is 5.48 Å². The maximum absolute atomic E-state index is 11.3. The van der Waals surface area contributed by atoms with Crippen LogP contribution in [0.2, 0.25) is 0 Å². The highest BCUT2D eigenvalue weighted by Crippen LogP contribution is 2.21. The Morgan fingerprint density at radius 1 is 1.31 bits per heavy atom. The van der Waals surface area contributed by atoms with Gasteiger partial charge in [0, 0.05) is 6.61 Å². The van der Waals surface area contributed by atoms with Crippen LogP contribution in [-0.2, 0) is 14.4 Å². The fourth-order valence-corrected chi connectivity index (χ4v) is 1.48. The summed E-state index contributed by atoms with van der Waals surface area (Å²) in [5.74, 6) is -0.121. The molecule has 1 atom stereocenters. The number of hydrogen-bond donors (Lipinski definition) is 1. The summed E-state index contributed by atoms with van der Waals surface area (Å²) in [6.07, 6.45) is 5.09. The molecule has 0 bridgehead atoms. The Morgan fingerprint density at radius 2 is 2.15 bits per heavy atom. The standard InChI is InChI=1S/C9H15NO3/c11-9(8-5-2-6-12-8)10-13-7-3-1-4-7/h7-8H,1-6H2,(H,10,11)/t8-/m0/s1. The fourth-order valence-electron chi connectivity index (χ4n) is 1.48. The molecule has 13 heavy (non-hydrogen) atoms. The molecule has 4 nitrogen and oxygen atoms in total. The normalized spacial score (nSPS) is 28.5. The molecule has 2 fully saturated rings.